The maximum atomic E-state index is 12.0. The molecule has 1 fully saturated rings. The van der Waals surface area contributed by atoms with E-state index in [-0.39, 0.29) is 5.91 Å². The Labute approximate surface area is 176 Å². The fourth-order valence-electron chi connectivity index (χ4n) is 3.76. The number of unbranched alkanes of at least 4 members (excludes halogenated alkanes) is 1. The van der Waals surface area contributed by atoms with E-state index in [1.54, 1.807) is 12.1 Å². The number of carbonyl (C=O) groups excluding carboxylic acids is 1. The van der Waals surface area contributed by atoms with E-state index in [0.717, 1.165) is 50.9 Å². The molecule has 0 saturated carbocycles. The van der Waals surface area contributed by atoms with Crippen molar-refractivity contribution < 1.29 is 17.9 Å². The lowest BCUT2D eigenvalue weighted by Gasteiger charge is -2.29. The first-order chi connectivity index (χ1) is 13.8. The first-order valence-corrected chi connectivity index (χ1v) is 12.6. The number of nitrogens with zero attached hydrogens (tertiary/aromatic N) is 2. The van der Waals surface area contributed by atoms with Crippen LogP contribution in [0.1, 0.15) is 45.1 Å². The van der Waals surface area contributed by atoms with Crippen molar-refractivity contribution in [3.8, 4) is 0 Å². The van der Waals surface area contributed by atoms with Crippen LogP contribution in [0.3, 0.4) is 0 Å². The molecule has 1 amide bonds. The van der Waals surface area contributed by atoms with E-state index in [0.29, 0.717) is 37.1 Å². The summed E-state index contributed by atoms with van der Waals surface area (Å²) < 4.78 is 28.6. The van der Waals surface area contributed by atoms with Crippen LogP contribution in [-0.2, 0) is 25.8 Å². The monoisotopic (exact) mass is 424 g/mol. The van der Waals surface area contributed by atoms with Gasteiger partial charge in [-0.05, 0) is 63.4 Å². The highest BCUT2D eigenvalue weighted by molar-refractivity contribution is 7.90. The molecule has 7 heteroatoms. The van der Waals surface area contributed by atoms with Gasteiger partial charge < -0.3 is 14.5 Å². The van der Waals surface area contributed by atoms with E-state index >= 15 is 0 Å². The normalized spacial score (nSPS) is 16.8. The Hall–Kier alpha value is -1.44. The Morgan fingerprint density at radius 1 is 1.14 bits per heavy atom. The number of sulfone groups is 1. The van der Waals surface area contributed by atoms with E-state index in [2.05, 4.69) is 18.7 Å². The Bertz CT molecular complexity index is 734. The molecule has 1 aliphatic rings. The number of carbonyl (C=O) groups is 1. The second-order valence-electron chi connectivity index (χ2n) is 7.96. The van der Waals surface area contributed by atoms with Crippen molar-refractivity contribution in [1.29, 1.82) is 0 Å². The van der Waals surface area contributed by atoms with Crippen molar-refractivity contribution >= 4 is 15.7 Å². The first kappa shape index (κ1) is 23.8. The number of benzene rings is 1. The number of ether oxygens (including phenoxy) is 1. The van der Waals surface area contributed by atoms with Crippen LogP contribution >= 0.6 is 0 Å². The van der Waals surface area contributed by atoms with Crippen LogP contribution in [-0.4, -0.2) is 75.8 Å². The van der Waals surface area contributed by atoms with Crippen LogP contribution in [0.15, 0.2) is 29.2 Å². The summed E-state index contributed by atoms with van der Waals surface area (Å²) in [6.45, 7) is 9.17. The fourth-order valence-corrected chi connectivity index (χ4v) is 4.39. The molecule has 0 aliphatic carbocycles. The SMILES string of the molecule is CCCN(CCCCN1CCOCCC1=O)C(C)Cc1ccc(S(C)(=O)=O)cc1. The number of amides is 1. The molecule has 1 heterocycles. The van der Waals surface area contributed by atoms with Crippen molar-refractivity contribution in [2.75, 3.05) is 45.6 Å². The molecule has 0 N–H and O–H groups in total. The minimum absolute atomic E-state index is 0.207. The summed E-state index contributed by atoms with van der Waals surface area (Å²) in [6.07, 6.45) is 5.78. The van der Waals surface area contributed by atoms with Gasteiger partial charge in [-0.1, -0.05) is 19.1 Å². The van der Waals surface area contributed by atoms with Gasteiger partial charge in [0.2, 0.25) is 5.91 Å². The number of hydrogen-bond donors (Lipinski definition) is 0. The van der Waals surface area contributed by atoms with E-state index < -0.39 is 9.84 Å². The molecule has 29 heavy (non-hydrogen) atoms. The Kier molecular flexibility index (Phi) is 9.59. The fraction of sp³-hybridized carbons (Fsp3) is 0.682. The summed E-state index contributed by atoms with van der Waals surface area (Å²) in [5, 5.41) is 0. The predicted molar refractivity (Wildman–Crippen MR) is 116 cm³/mol. The van der Waals surface area contributed by atoms with Crippen LogP contribution in [0, 0.1) is 0 Å². The molecule has 0 aromatic heterocycles. The maximum Gasteiger partial charge on any atom is 0.224 e. The third-order valence-electron chi connectivity index (χ3n) is 5.46. The molecule has 1 aromatic rings. The Morgan fingerprint density at radius 2 is 1.86 bits per heavy atom. The predicted octanol–water partition coefficient (Wildman–Crippen LogP) is 2.76. The molecular weight excluding hydrogens is 388 g/mol. The zero-order chi connectivity index (χ0) is 21.3. The third kappa shape index (κ3) is 8.07. The highest BCUT2D eigenvalue weighted by Gasteiger charge is 2.17. The smallest absolute Gasteiger partial charge is 0.224 e. The largest absolute Gasteiger partial charge is 0.379 e. The van der Waals surface area contributed by atoms with Crippen molar-refractivity contribution in [1.82, 2.24) is 9.80 Å². The summed E-state index contributed by atoms with van der Waals surface area (Å²) >= 11 is 0. The molecule has 1 unspecified atom stereocenters. The van der Waals surface area contributed by atoms with Gasteiger partial charge in [-0.15, -0.1) is 0 Å². The van der Waals surface area contributed by atoms with Gasteiger partial charge in [0, 0.05) is 25.4 Å². The average Bonchev–Trinajstić information content (AvgIpc) is 2.88. The molecule has 1 aromatic carbocycles. The maximum absolute atomic E-state index is 12.0. The molecule has 6 nitrogen and oxygen atoms in total. The molecule has 1 saturated heterocycles. The lowest BCUT2D eigenvalue weighted by molar-refractivity contribution is -0.130. The van der Waals surface area contributed by atoms with Gasteiger partial charge in [0.05, 0.1) is 24.5 Å². The Morgan fingerprint density at radius 3 is 2.52 bits per heavy atom. The minimum Gasteiger partial charge on any atom is -0.379 e. The number of rotatable bonds is 11. The van der Waals surface area contributed by atoms with E-state index in [4.69, 9.17) is 4.74 Å². The van der Waals surface area contributed by atoms with Crippen LogP contribution in [0.4, 0.5) is 0 Å². The topological polar surface area (TPSA) is 66.9 Å². The van der Waals surface area contributed by atoms with Gasteiger partial charge in [-0.25, -0.2) is 8.42 Å². The van der Waals surface area contributed by atoms with Crippen LogP contribution in [0.5, 0.6) is 0 Å². The summed E-state index contributed by atoms with van der Waals surface area (Å²) in [4.78, 5) is 16.8. The van der Waals surface area contributed by atoms with Gasteiger partial charge in [-0.3, -0.25) is 4.79 Å². The summed E-state index contributed by atoms with van der Waals surface area (Å²) in [7, 11) is -3.15. The van der Waals surface area contributed by atoms with Crippen molar-refractivity contribution in [3.63, 3.8) is 0 Å². The van der Waals surface area contributed by atoms with Crippen molar-refractivity contribution in [3.05, 3.63) is 29.8 Å². The van der Waals surface area contributed by atoms with Crippen LogP contribution in [0.2, 0.25) is 0 Å². The quantitative estimate of drug-likeness (QED) is 0.511. The van der Waals surface area contributed by atoms with Gasteiger partial charge in [0.15, 0.2) is 9.84 Å². The van der Waals surface area contributed by atoms with Gasteiger partial charge in [0.1, 0.15) is 0 Å². The first-order valence-electron chi connectivity index (χ1n) is 10.7. The lowest BCUT2D eigenvalue weighted by Crippen LogP contribution is -2.37. The molecular formula is C22H36N2O4S. The van der Waals surface area contributed by atoms with Crippen molar-refractivity contribution in [2.45, 2.75) is 56.9 Å². The zero-order valence-corrected chi connectivity index (χ0v) is 18.9. The van der Waals surface area contributed by atoms with Gasteiger partial charge in [0.25, 0.3) is 0 Å². The van der Waals surface area contributed by atoms with E-state index in [1.807, 2.05) is 17.0 Å². The second-order valence-corrected chi connectivity index (χ2v) is 9.97. The van der Waals surface area contributed by atoms with Crippen LogP contribution in [0.25, 0.3) is 0 Å². The van der Waals surface area contributed by atoms with E-state index in [1.165, 1.54) is 6.26 Å². The van der Waals surface area contributed by atoms with E-state index in [9.17, 15) is 13.2 Å². The molecule has 2 rings (SSSR count). The Balaban J connectivity index is 1.82. The van der Waals surface area contributed by atoms with Crippen molar-refractivity contribution in [2.24, 2.45) is 0 Å². The summed E-state index contributed by atoms with van der Waals surface area (Å²) in [5.41, 5.74) is 1.15. The second kappa shape index (κ2) is 11.7. The van der Waals surface area contributed by atoms with Gasteiger partial charge >= 0.3 is 0 Å². The third-order valence-corrected chi connectivity index (χ3v) is 6.59. The average molecular weight is 425 g/mol. The molecule has 0 spiro atoms. The summed E-state index contributed by atoms with van der Waals surface area (Å²) in [6, 6.07) is 7.62. The minimum atomic E-state index is -3.15. The van der Waals surface area contributed by atoms with Crippen LogP contribution < -0.4 is 0 Å². The molecule has 0 radical (unpaired) electrons. The lowest BCUT2D eigenvalue weighted by atomic mass is 10.1. The summed E-state index contributed by atoms with van der Waals surface area (Å²) in [5.74, 6) is 0.207. The highest BCUT2D eigenvalue weighted by atomic mass is 32.2. The zero-order valence-electron chi connectivity index (χ0n) is 18.1. The molecule has 0 bridgehead atoms. The molecule has 1 aliphatic heterocycles. The standard InChI is InChI=1S/C22H36N2O4S/c1-4-12-23(13-5-6-14-24-15-17-28-16-11-22(24)25)19(2)18-20-7-9-21(10-8-20)29(3,26)27/h7-10,19H,4-6,11-18H2,1-3H3. The highest BCUT2D eigenvalue weighted by Crippen LogP contribution is 2.15. The number of hydrogen-bond acceptors (Lipinski definition) is 5. The molecule has 164 valence electrons. The van der Waals surface area contributed by atoms with Gasteiger partial charge in [-0.2, -0.15) is 0 Å². The molecule has 1 atom stereocenters.